The number of urea groups is 1. The van der Waals surface area contributed by atoms with E-state index in [0.717, 1.165) is 22.6 Å². The Bertz CT molecular complexity index is 582. The molecule has 0 heterocycles. The first-order valence-corrected chi connectivity index (χ1v) is 6.45. The molecule has 0 fully saturated rings. The third kappa shape index (κ3) is 4.02. The second-order valence-electron chi connectivity index (χ2n) is 4.55. The Labute approximate surface area is 118 Å². The van der Waals surface area contributed by atoms with Crippen molar-refractivity contribution in [1.29, 1.82) is 0 Å². The third-order valence-electron chi connectivity index (χ3n) is 2.86. The van der Waals surface area contributed by atoms with Gasteiger partial charge in [-0.2, -0.15) is 0 Å². The summed E-state index contributed by atoms with van der Waals surface area (Å²) < 4.78 is 5.40. The third-order valence-corrected chi connectivity index (χ3v) is 2.86. The van der Waals surface area contributed by atoms with Crippen LogP contribution in [0.4, 0.5) is 10.5 Å². The summed E-state index contributed by atoms with van der Waals surface area (Å²) in [7, 11) is 0. The van der Waals surface area contributed by atoms with E-state index in [1.54, 1.807) is 0 Å². The van der Waals surface area contributed by atoms with Gasteiger partial charge in [-0.3, -0.25) is 0 Å². The molecule has 0 radical (unpaired) electrons. The lowest BCUT2D eigenvalue weighted by Gasteiger charge is -2.11. The van der Waals surface area contributed by atoms with Crippen molar-refractivity contribution in [3.8, 4) is 5.75 Å². The van der Waals surface area contributed by atoms with Gasteiger partial charge in [0.05, 0.1) is 0 Å². The van der Waals surface area contributed by atoms with E-state index in [1.165, 1.54) is 0 Å². The van der Waals surface area contributed by atoms with Gasteiger partial charge >= 0.3 is 6.03 Å². The molecule has 0 aliphatic heterocycles. The molecule has 4 heteroatoms. The molecule has 4 nitrogen and oxygen atoms in total. The number of amides is 2. The number of carbonyl (C=O) groups excluding carboxylic acids is 1. The monoisotopic (exact) mass is 270 g/mol. The second-order valence-corrected chi connectivity index (χ2v) is 4.55. The number of benzene rings is 2. The minimum absolute atomic E-state index is 0.126. The summed E-state index contributed by atoms with van der Waals surface area (Å²) in [5.41, 5.74) is 2.93. The molecule has 104 valence electrons. The number of aryl methyl sites for hydroxylation is 2. The molecule has 0 aromatic heterocycles. The van der Waals surface area contributed by atoms with Crippen molar-refractivity contribution in [3.05, 3.63) is 59.7 Å². The van der Waals surface area contributed by atoms with Gasteiger partial charge in [0.15, 0.2) is 6.73 Å². The van der Waals surface area contributed by atoms with Crippen LogP contribution in [0.5, 0.6) is 5.75 Å². The summed E-state index contributed by atoms with van der Waals surface area (Å²) in [4.78, 5) is 11.8. The summed E-state index contributed by atoms with van der Waals surface area (Å²) in [5.74, 6) is 0.722. The zero-order valence-corrected chi connectivity index (χ0v) is 11.6. The first kappa shape index (κ1) is 13.9. The number of carbonyl (C=O) groups is 1. The summed E-state index contributed by atoms with van der Waals surface area (Å²) in [6.45, 7) is 4.07. The number of ether oxygens (including phenoxy) is 1. The summed E-state index contributed by atoms with van der Waals surface area (Å²) in [5, 5.41) is 5.46. The molecule has 0 saturated heterocycles. The van der Waals surface area contributed by atoms with Crippen LogP contribution in [0.3, 0.4) is 0 Å². The number of hydrogen-bond donors (Lipinski definition) is 2. The molecule has 0 aliphatic carbocycles. The van der Waals surface area contributed by atoms with Gasteiger partial charge in [-0.15, -0.1) is 0 Å². The number of nitrogens with one attached hydrogen (secondary N) is 2. The van der Waals surface area contributed by atoms with E-state index in [4.69, 9.17) is 4.74 Å². The van der Waals surface area contributed by atoms with Gasteiger partial charge in [0, 0.05) is 5.69 Å². The average Bonchev–Trinajstić information content (AvgIpc) is 2.44. The van der Waals surface area contributed by atoms with Crippen molar-refractivity contribution in [2.45, 2.75) is 13.8 Å². The Balaban J connectivity index is 1.82. The highest BCUT2D eigenvalue weighted by Gasteiger charge is 2.04. The SMILES string of the molecule is Cc1ccc(C)c(NC(=O)NCOc2ccccc2)c1. The lowest BCUT2D eigenvalue weighted by atomic mass is 10.1. The average molecular weight is 270 g/mol. The predicted molar refractivity (Wildman–Crippen MR) is 80.0 cm³/mol. The van der Waals surface area contributed by atoms with Crippen molar-refractivity contribution in [2.24, 2.45) is 0 Å². The standard InChI is InChI=1S/C16H18N2O2/c1-12-8-9-13(2)15(10-12)18-16(19)17-11-20-14-6-4-3-5-7-14/h3-10H,11H2,1-2H3,(H2,17,18,19). The summed E-state index contributed by atoms with van der Waals surface area (Å²) >= 11 is 0. The molecular formula is C16H18N2O2. The Morgan fingerprint density at radius 3 is 2.60 bits per heavy atom. The lowest BCUT2D eigenvalue weighted by Crippen LogP contribution is -2.32. The van der Waals surface area contributed by atoms with E-state index >= 15 is 0 Å². The highest BCUT2D eigenvalue weighted by atomic mass is 16.5. The van der Waals surface area contributed by atoms with Gasteiger partial charge in [0.1, 0.15) is 5.75 Å². The van der Waals surface area contributed by atoms with Gasteiger partial charge < -0.3 is 15.4 Å². The van der Waals surface area contributed by atoms with Gasteiger partial charge in [0.25, 0.3) is 0 Å². The molecule has 0 saturated carbocycles. The van der Waals surface area contributed by atoms with Gasteiger partial charge in [-0.05, 0) is 43.2 Å². The topological polar surface area (TPSA) is 50.4 Å². The molecule has 2 N–H and O–H groups in total. The first-order valence-electron chi connectivity index (χ1n) is 6.45. The molecular weight excluding hydrogens is 252 g/mol. The maximum absolute atomic E-state index is 11.8. The van der Waals surface area contributed by atoms with Crippen LogP contribution in [0.25, 0.3) is 0 Å². The molecule has 2 amide bonds. The molecule has 0 aliphatic rings. The highest BCUT2D eigenvalue weighted by molar-refractivity contribution is 5.90. The first-order chi connectivity index (χ1) is 9.65. The maximum atomic E-state index is 11.8. The van der Waals surface area contributed by atoms with Crippen molar-refractivity contribution in [1.82, 2.24) is 5.32 Å². The Morgan fingerprint density at radius 1 is 1.10 bits per heavy atom. The molecule has 2 aromatic carbocycles. The summed E-state index contributed by atoms with van der Waals surface area (Å²) in [6.07, 6.45) is 0. The summed E-state index contributed by atoms with van der Waals surface area (Å²) in [6, 6.07) is 15.0. The van der Waals surface area contributed by atoms with Crippen LogP contribution >= 0.6 is 0 Å². The van der Waals surface area contributed by atoms with E-state index in [9.17, 15) is 4.79 Å². The fourth-order valence-corrected chi connectivity index (χ4v) is 1.74. The van der Waals surface area contributed by atoms with E-state index in [-0.39, 0.29) is 12.8 Å². The van der Waals surface area contributed by atoms with Gasteiger partial charge in [-0.1, -0.05) is 30.3 Å². The van der Waals surface area contributed by atoms with E-state index in [0.29, 0.717) is 0 Å². The van der Waals surface area contributed by atoms with Crippen LogP contribution in [0.2, 0.25) is 0 Å². The minimum Gasteiger partial charge on any atom is -0.473 e. The van der Waals surface area contributed by atoms with Crippen LogP contribution in [0.1, 0.15) is 11.1 Å². The normalized spacial score (nSPS) is 9.90. The lowest BCUT2D eigenvalue weighted by molar-refractivity contribution is 0.234. The zero-order valence-electron chi connectivity index (χ0n) is 11.6. The Kier molecular flexibility index (Phi) is 4.60. The zero-order chi connectivity index (χ0) is 14.4. The van der Waals surface area contributed by atoms with Crippen molar-refractivity contribution in [3.63, 3.8) is 0 Å². The second kappa shape index (κ2) is 6.61. The number of para-hydroxylation sites is 1. The number of hydrogen-bond acceptors (Lipinski definition) is 2. The Morgan fingerprint density at radius 2 is 1.85 bits per heavy atom. The maximum Gasteiger partial charge on any atom is 0.321 e. The van der Waals surface area contributed by atoms with Crippen LogP contribution < -0.4 is 15.4 Å². The van der Waals surface area contributed by atoms with Crippen LogP contribution in [0.15, 0.2) is 48.5 Å². The minimum atomic E-state index is -0.283. The molecule has 2 rings (SSSR count). The fourth-order valence-electron chi connectivity index (χ4n) is 1.74. The molecule has 0 atom stereocenters. The molecule has 2 aromatic rings. The smallest absolute Gasteiger partial charge is 0.321 e. The largest absolute Gasteiger partial charge is 0.473 e. The predicted octanol–water partition coefficient (Wildman–Crippen LogP) is 3.46. The van der Waals surface area contributed by atoms with E-state index < -0.39 is 0 Å². The molecule has 0 unspecified atom stereocenters. The fraction of sp³-hybridized carbons (Fsp3) is 0.188. The highest BCUT2D eigenvalue weighted by Crippen LogP contribution is 2.16. The quantitative estimate of drug-likeness (QED) is 0.836. The van der Waals surface area contributed by atoms with Crippen LogP contribution in [-0.2, 0) is 0 Å². The van der Waals surface area contributed by atoms with Gasteiger partial charge in [0.2, 0.25) is 0 Å². The molecule has 0 bridgehead atoms. The molecule has 0 spiro atoms. The number of rotatable bonds is 4. The van der Waals surface area contributed by atoms with Crippen LogP contribution in [-0.4, -0.2) is 12.8 Å². The van der Waals surface area contributed by atoms with Crippen molar-refractivity contribution < 1.29 is 9.53 Å². The molecule has 20 heavy (non-hydrogen) atoms. The van der Waals surface area contributed by atoms with Crippen molar-refractivity contribution >= 4 is 11.7 Å². The number of anilines is 1. The van der Waals surface area contributed by atoms with Crippen molar-refractivity contribution in [2.75, 3.05) is 12.0 Å². The van der Waals surface area contributed by atoms with E-state index in [1.807, 2.05) is 62.4 Å². The van der Waals surface area contributed by atoms with E-state index in [2.05, 4.69) is 10.6 Å². The Hall–Kier alpha value is -2.49. The van der Waals surface area contributed by atoms with Crippen LogP contribution in [0, 0.1) is 13.8 Å². The van der Waals surface area contributed by atoms with Gasteiger partial charge in [-0.25, -0.2) is 4.79 Å².